The van der Waals surface area contributed by atoms with Crippen LogP contribution in [0.5, 0.6) is 0 Å². The fourth-order valence-corrected chi connectivity index (χ4v) is 6.82. The first kappa shape index (κ1) is 14.9. The van der Waals surface area contributed by atoms with Crippen LogP contribution in [0, 0.1) is 34.5 Å². The Morgan fingerprint density at radius 2 is 1.77 bits per heavy atom. The van der Waals surface area contributed by atoms with E-state index in [0.29, 0.717) is 29.6 Å². The van der Waals surface area contributed by atoms with Gasteiger partial charge in [-0.3, -0.25) is 9.59 Å². The van der Waals surface area contributed by atoms with E-state index in [1.807, 2.05) is 0 Å². The maximum Gasteiger partial charge on any atom is 0.204 e. The molecule has 3 heteroatoms. The van der Waals surface area contributed by atoms with Crippen molar-refractivity contribution < 1.29 is 14.7 Å². The smallest absolute Gasteiger partial charge is 0.204 e. The van der Waals surface area contributed by atoms with E-state index in [4.69, 9.17) is 0 Å². The van der Waals surface area contributed by atoms with Crippen LogP contribution in [0.3, 0.4) is 0 Å². The molecule has 0 radical (unpaired) electrons. The van der Waals surface area contributed by atoms with Crippen molar-refractivity contribution in [1.82, 2.24) is 0 Å². The molecular weight excluding hydrogens is 276 g/mol. The average molecular weight is 304 g/mol. The van der Waals surface area contributed by atoms with Crippen LogP contribution in [-0.2, 0) is 9.59 Å². The Morgan fingerprint density at radius 3 is 2.55 bits per heavy atom. The molecule has 0 spiro atoms. The standard InChI is InChI=1S/C19H28O3/c1-18-7-5-12(20)9-11(18)3-4-13-14(18)6-8-19(2)15(13)10-16(21)17(19)22/h11-15,20H,3-10H2,1-2H3/t11?,12-,13+,14-,15-,18-,19-/m0/s1. The molecule has 0 aromatic carbocycles. The summed E-state index contributed by atoms with van der Waals surface area (Å²) in [7, 11) is 0. The summed E-state index contributed by atoms with van der Waals surface area (Å²) < 4.78 is 0. The second kappa shape index (κ2) is 4.66. The summed E-state index contributed by atoms with van der Waals surface area (Å²) in [6.45, 7) is 4.49. The fraction of sp³-hybridized carbons (Fsp3) is 0.895. The summed E-state index contributed by atoms with van der Waals surface area (Å²) >= 11 is 0. The lowest BCUT2D eigenvalue weighted by molar-refractivity contribution is -0.145. The predicted molar refractivity (Wildman–Crippen MR) is 83.1 cm³/mol. The van der Waals surface area contributed by atoms with Crippen molar-refractivity contribution in [2.75, 3.05) is 0 Å². The monoisotopic (exact) mass is 304 g/mol. The SMILES string of the molecule is C[C@]12CC[C@H](O)CC1CC[C@@H]1[C@@H]2CC[C@]2(C)C(=O)C(=O)C[C@@H]12. The lowest BCUT2D eigenvalue weighted by Crippen LogP contribution is -2.54. The molecule has 0 aliphatic heterocycles. The van der Waals surface area contributed by atoms with Crippen molar-refractivity contribution in [2.45, 2.75) is 71.3 Å². The summed E-state index contributed by atoms with van der Waals surface area (Å²) in [6.07, 6.45) is 7.70. The minimum Gasteiger partial charge on any atom is -0.393 e. The Hall–Kier alpha value is -0.700. The Morgan fingerprint density at radius 1 is 1.00 bits per heavy atom. The fourth-order valence-electron chi connectivity index (χ4n) is 6.82. The Kier molecular flexibility index (Phi) is 3.15. The highest BCUT2D eigenvalue weighted by Crippen LogP contribution is 2.64. The number of ketones is 2. The summed E-state index contributed by atoms with van der Waals surface area (Å²) in [5, 5.41) is 10.0. The second-order valence-corrected chi connectivity index (χ2v) is 9.00. The van der Waals surface area contributed by atoms with Gasteiger partial charge >= 0.3 is 0 Å². The van der Waals surface area contributed by atoms with E-state index in [-0.39, 0.29) is 29.0 Å². The van der Waals surface area contributed by atoms with Gasteiger partial charge < -0.3 is 5.11 Å². The predicted octanol–water partition coefficient (Wildman–Crippen LogP) is 3.14. The van der Waals surface area contributed by atoms with Crippen molar-refractivity contribution >= 4 is 11.6 Å². The molecule has 0 aromatic heterocycles. The Bertz CT molecular complexity index is 527. The van der Waals surface area contributed by atoms with E-state index in [9.17, 15) is 14.7 Å². The van der Waals surface area contributed by atoms with Crippen LogP contribution in [0.4, 0.5) is 0 Å². The third-order valence-corrected chi connectivity index (χ3v) is 8.20. The first-order valence-corrected chi connectivity index (χ1v) is 9.12. The van der Waals surface area contributed by atoms with Crippen LogP contribution >= 0.6 is 0 Å². The summed E-state index contributed by atoms with van der Waals surface area (Å²) in [5.74, 6) is 1.92. The molecule has 3 nitrogen and oxygen atoms in total. The van der Waals surface area contributed by atoms with Gasteiger partial charge in [0.2, 0.25) is 5.78 Å². The van der Waals surface area contributed by atoms with E-state index in [0.717, 1.165) is 38.5 Å². The van der Waals surface area contributed by atoms with Crippen LogP contribution in [-0.4, -0.2) is 22.8 Å². The van der Waals surface area contributed by atoms with E-state index in [1.165, 1.54) is 6.42 Å². The molecule has 1 N–H and O–H groups in total. The van der Waals surface area contributed by atoms with Gasteiger partial charge in [-0.2, -0.15) is 0 Å². The summed E-state index contributed by atoms with van der Waals surface area (Å²) in [6, 6.07) is 0. The van der Waals surface area contributed by atoms with Gasteiger partial charge in [0.05, 0.1) is 6.10 Å². The topological polar surface area (TPSA) is 54.4 Å². The normalized spacial score (nSPS) is 54.6. The van der Waals surface area contributed by atoms with Crippen LogP contribution < -0.4 is 0 Å². The number of carbonyl (C=O) groups is 2. The van der Waals surface area contributed by atoms with Crippen molar-refractivity contribution in [3.8, 4) is 0 Å². The molecule has 4 rings (SSSR count). The molecule has 4 saturated carbocycles. The number of aliphatic hydroxyl groups excluding tert-OH is 1. The highest BCUT2D eigenvalue weighted by atomic mass is 16.3. The Labute approximate surface area is 132 Å². The van der Waals surface area contributed by atoms with E-state index in [2.05, 4.69) is 13.8 Å². The largest absolute Gasteiger partial charge is 0.393 e. The van der Waals surface area contributed by atoms with Gasteiger partial charge in [0, 0.05) is 11.8 Å². The molecule has 0 amide bonds. The number of fused-ring (bicyclic) bond motifs is 5. The minimum absolute atomic E-state index is 0.0812. The van der Waals surface area contributed by atoms with Gasteiger partial charge in [0.25, 0.3) is 0 Å². The van der Waals surface area contributed by atoms with Crippen LogP contribution in [0.1, 0.15) is 65.2 Å². The molecule has 1 unspecified atom stereocenters. The van der Waals surface area contributed by atoms with Gasteiger partial charge in [-0.25, -0.2) is 0 Å². The first-order valence-electron chi connectivity index (χ1n) is 9.12. The summed E-state index contributed by atoms with van der Waals surface area (Å²) in [4.78, 5) is 24.4. The van der Waals surface area contributed by atoms with Crippen molar-refractivity contribution in [3.63, 3.8) is 0 Å². The van der Waals surface area contributed by atoms with Crippen LogP contribution in [0.25, 0.3) is 0 Å². The minimum atomic E-state index is -0.365. The van der Waals surface area contributed by atoms with Crippen LogP contribution in [0.2, 0.25) is 0 Å². The molecule has 0 bridgehead atoms. The number of carbonyl (C=O) groups excluding carboxylic acids is 2. The highest BCUT2D eigenvalue weighted by Gasteiger charge is 2.62. The molecule has 7 atom stereocenters. The van der Waals surface area contributed by atoms with Gasteiger partial charge in [-0.15, -0.1) is 0 Å². The molecule has 0 aromatic rings. The Balaban J connectivity index is 1.66. The third kappa shape index (κ3) is 1.78. The summed E-state index contributed by atoms with van der Waals surface area (Å²) in [5.41, 5.74) is -0.0478. The quantitative estimate of drug-likeness (QED) is 0.700. The van der Waals surface area contributed by atoms with Gasteiger partial charge in [0.15, 0.2) is 5.78 Å². The van der Waals surface area contributed by atoms with Gasteiger partial charge in [-0.05, 0) is 74.0 Å². The van der Waals surface area contributed by atoms with E-state index >= 15 is 0 Å². The zero-order chi connectivity index (χ0) is 15.7. The molecular formula is C19H28O3. The van der Waals surface area contributed by atoms with Crippen LogP contribution in [0.15, 0.2) is 0 Å². The highest BCUT2D eigenvalue weighted by molar-refractivity contribution is 6.41. The van der Waals surface area contributed by atoms with Crippen molar-refractivity contribution in [1.29, 1.82) is 0 Å². The number of aliphatic hydroxyl groups is 1. The lowest BCUT2D eigenvalue weighted by Gasteiger charge is -2.59. The number of hydrogen-bond acceptors (Lipinski definition) is 3. The molecule has 122 valence electrons. The molecule has 4 aliphatic carbocycles. The first-order chi connectivity index (χ1) is 10.4. The van der Waals surface area contributed by atoms with E-state index < -0.39 is 0 Å². The molecule has 22 heavy (non-hydrogen) atoms. The second-order valence-electron chi connectivity index (χ2n) is 9.00. The number of hydrogen-bond donors (Lipinski definition) is 1. The van der Waals surface area contributed by atoms with Gasteiger partial charge in [0.1, 0.15) is 0 Å². The molecule has 0 heterocycles. The lowest BCUT2D eigenvalue weighted by atomic mass is 9.45. The number of Topliss-reactive ketones (excluding diaryl/α,β-unsaturated/α-hetero) is 2. The zero-order valence-corrected chi connectivity index (χ0v) is 13.8. The van der Waals surface area contributed by atoms with Gasteiger partial charge in [-0.1, -0.05) is 13.8 Å². The van der Waals surface area contributed by atoms with Crippen molar-refractivity contribution in [2.24, 2.45) is 34.5 Å². The molecule has 0 saturated heterocycles. The maximum atomic E-state index is 12.4. The average Bonchev–Trinajstić information content (AvgIpc) is 2.72. The van der Waals surface area contributed by atoms with E-state index in [1.54, 1.807) is 0 Å². The van der Waals surface area contributed by atoms with Crippen molar-refractivity contribution in [3.05, 3.63) is 0 Å². The third-order valence-electron chi connectivity index (χ3n) is 8.20. The maximum absolute atomic E-state index is 12.4. The number of rotatable bonds is 0. The zero-order valence-electron chi connectivity index (χ0n) is 13.8. The molecule has 4 aliphatic rings. The molecule has 4 fully saturated rings.